The Morgan fingerprint density at radius 1 is 1.22 bits per heavy atom. The molecule has 0 unspecified atom stereocenters. The fourth-order valence-electron chi connectivity index (χ4n) is 3.12. The van der Waals surface area contributed by atoms with Crippen LogP contribution in [0.5, 0.6) is 0 Å². The third-order valence-electron chi connectivity index (χ3n) is 4.51. The number of ketones is 1. The Hall–Kier alpha value is -1.50. The van der Waals surface area contributed by atoms with Crippen LogP contribution in [0.4, 0.5) is 5.69 Å². The number of hydrogen-bond donors (Lipinski definition) is 2. The lowest BCUT2D eigenvalue weighted by molar-refractivity contribution is -0.122. The van der Waals surface area contributed by atoms with Crippen molar-refractivity contribution in [2.24, 2.45) is 0 Å². The van der Waals surface area contributed by atoms with Gasteiger partial charge in [0.05, 0.1) is 12.6 Å². The predicted octanol–water partition coefficient (Wildman–Crippen LogP) is 1.32. The van der Waals surface area contributed by atoms with Crippen LogP contribution in [0.15, 0.2) is 30.3 Å². The standard InChI is InChI=1S/C17H24N4OS/c22-16(15-7-4-8-18-15)13-20-9-11-21(12-10-20)17(23)19-14-5-2-1-3-6-14/h1-3,5-6,15,18H,4,7-13H2,(H,19,23)/t15-/m1/s1. The molecular weight excluding hydrogens is 308 g/mol. The number of benzene rings is 1. The molecule has 0 aliphatic carbocycles. The van der Waals surface area contributed by atoms with Gasteiger partial charge < -0.3 is 15.5 Å². The maximum atomic E-state index is 12.2. The quantitative estimate of drug-likeness (QED) is 0.811. The molecule has 6 heteroatoms. The largest absolute Gasteiger partial charge is 0.346 e. The number of thiocarbonyl (C=S) groups is 1. The van der Waals surface area contributed by atoms with Crippen molar-refractivity contribution in [1.29, 1.82) is 0 Å². The van der Waals surface area contributed by atoms with E-state index < -0.39 is 0 Å². The second kappa shape index (κ2) is 7.86. The molecule has 0 saturated carbocycles. The van der Waals surface area contributed by atoms with Crippen molar-refractivity contribution in [2.45, 2.75) is 18.9 Å². The fourth-order valence-corrected chi connectivity index (χ4v) is 3.42. The van der Waals surface area contributed by atoms with Crippen molar-refractivity contribution in [3.05, 3.63) is 30.3 Å². The second-order valence-electron chi connectivity index (χ2n) is 6.17. The first-order chi connectivity index (χ1) is 11.2. The van der Waals surface area contributed by atoms with Gasteiger partial charge in [0.1, 0.15) is 0 Å². The molecule has 1 aromatic rings. The summed E-state index contributed by atoms with van der Waals surface area (Å²) >= 11 is 5.49. The number of Topliss-reactive ketones (excluding diaryl/α,β-unsaturated/α-hetero) is 1. The summed E-state index contributed by atoms with van der Waals surface area (Å²) in [5.74, 6) is 0.334. The lowest BCUT2D eigenvalue weighted by Gasteiger charge is -2.36. The van der Waals surface area contributed by atoms with Gasteiger partial charge in [-0.1, -0.05) is 18.2 Å². The Morgan fingerprint density at radius 2 is 1.96 bits per heavy atom. The minimum atomic E-state index is 0.0776. The SMILES string of the molecule is O=C(CN1CCN(C(=S)Nc2ccccc2)CC1)[C@H]1CCCN1. The molecule has 1 atom stereocenters. The van der Waals surface area contributed by atoms with Crippen LogP contribution in [0, 0.1) is 0 Å². The van der Waals surface area contributed by atoms with Gasteiger partial charge in [-0.2, -0.15) is 0 Å². The third-order valence-corrected chi connectivity index (χ3v) is 4.87. The van der Waals surface area contributed by atoms with E-state index in [1.54, 1.807) is 0 Å². The van der Waals surface area contributed by atoms with Gasteiger partial charge in [-0.3, -0.25) is 9.69 Å². The van der Waals surface area contributed by atoms with Crippen molar-refractivity contribution < 1.29 is 4.79 Å². The molecule has 124 valence electrons. The zero-order valence-corrected chi connectivity index (χ0v) is 14.1. The number of carbonyl (C=O) groups is 1. The number of hydrogen-bond acceptors (Lipinski definition) is 4. The van der Waals surface area contributed by atoms with Crippen molar-refractivity contribution in [3.63, 3.8) is 0 Å². The molecular formula is C17H24N4OS. The minimum Gasteiger partial charge on any atom is -0.346 e. The first-order valence-corrected chi connectivity index (χ1v) is 8.72. The van der Waals surface area contributed by atoms with E-state index in [0.717, 1.165) is 56.4 Å². The molecule has 2 aliphatic heterocycles. The van der Waals surface area contributed by atoms with Crippen LogP contribution in [0.2, 0.25) is 0 Å². The Labute approximate surface area is 143 Å². The zero-order valence-electron chi connectivity index (χ0n) is 13.3. The molecule has 0 aromatic heterocycles. The normalized spacial score (nSPS) is 22.1. The number of nitrogens with zero attached hydrogens (tertiary/aromatic N) is 2. The smallest absolute Gasteiger partial charge is 0.173 e. The van der Waals surface area contributed by atoms with E-state index in [4.69, 9.17) is 12.2 Å². The van der Waals surface area contributed by atoms with E-state index in [-0.39, 0.29) is 6.04 Å². The molecule has 2 saturated heterocycles. The highest BCUT2D eigenvalue weighted by Gasteiger charge is 2.26. The average Bonchev–Trinajstić information content (AvgIpc) is 3.11. The van der Waals surface area contributed by atoms with Gasteiger partial charge in [0.2, 0.25) is 0 Å². The Morgan fingerprint density at radius 3 is 2.61 bits per heavy atom. The number of para-hydroxylation sites is 1. The molecule has 0 amide bonds. The van der Waals surface area contributed by atoms with E-state index in [1.165, 1.54) is 0 Å². The summed E-state index contributed by atoms with van der Waals surface area (Å²) in [6, 6.07) is 10.1. The van der Waals surface area contributed by atoms with Crippen molar-refractivity contribution in [1.82, 2.24) is 15.1 Å². The summed E-state index contributed by atoms with van der Waals surface area (Å²) in [6.07, 6.45) is 2.10. The van der Waals surface area contributed by atoms with Crippen molar-refractivity contribution >= 4 is 28.8 Å². The average molecular weight is 332 g/mol. The molecule has 0 radical (unpaired) electrons. The van der Waals surface area contributed by atoms with Crippen molar-refractivity contribution in [2.75, 3.05) is 44.6 Å². The molecule has 3 rings (SSSR count). The predicted molar refractivity (Wildman–Crippen MR) is 96.7 cm³/mol. The highest BCUT2D eigenvalue weighted by Crippen LogP contribution is 2.11. The maximum Gasteiger partial charge on any atom is 0.173 e. The number of nitrogens with one attached hydrogen (secondary N) is 2. The molecule has 2 N–H and O–H groups in total. The number of piperazine rings is 1. The summed E-state index contributed by atoms with van der Waals surface area (Å²) in [5.41, 5.74) is 1.02. The third kappa shape index (κ3) is 4.50. The first kappa shape index (κ1) is 16.4. The van der Waals surface area contributed by atoms with Crippen LogP contribution in [0.25, 0.3) is 0 Å². The Kier molecular flexibility index (Phi) is 5.59. The molecule has 0 bridgehead atoms. The highest BCUT2D eigenvalue weighted by atomic mass is 32.1. The summed E-state index contributed by atoms with van der Waals surface area (Å²) in [7, 11) is 0. The second-order valence-corrected chi connectivity index (χ2v) is 6.56. The highest BCUT2D eigenvalue weighted by molar-refractivity contribution is 7.80. The van der Waals surface area contributed by atoms with Crippen LogP contribution in [0.1, 0.15) is 12.8 Å². The minimum absolute atomic E-state index is 0.0776. The number of carbonyl (C=O) groups excluding carboxylic acids is 1. The van der Waals surface area contributed by atoms with Crippen LogP contribution < -0.4 is 10.6 Å². The number of rotatable bonds is 4. The number of anilines is 1. The first-order valence-electron chi connectivity index (χ1n) is 8.32. The Bertz CT molecular complexity index is 537. The van der Waals surface area contributed by atoms with Gasteiger partial charge in [-0.15, -0.1) is 0 Å². The molecule has 1 aromatic carbocycles. The van der Waals surface area contributed by atoms with E-state index >= 15 is 0 Å². The lowest BCUT2D eigenvalue weighted by Crippen LogP contribution is -2.52. The van der Waals surface area contributed by atoms with Gasteiger partial charge in [0.25, 0.3) is 0 Å². The van der Waals surface area contributed by atoms with Gasteiger partial charge >= 0.3 is 0 Å². The topological polar surface area (TPSA) is 47.6 Å². The molecule has 2 heterocycles. The molecule has 2 fully saturated rings. The van der Waals surface area contributed by atoms with Crippen LogP contribution in [-0.2, 0) is 4.79 Å². The van der Waals surface area contributed by atoms with Crippen LogP contribution >= 0.6 is 12.2 Å². The summed E-state index contributed by atoms with van der Waals surface area (Å²) in [5, 5.41) is 7.32. The fraction of sp³-hybridized carbons (Fsp3) is 0.529. The zero-order chi connectivity index (χ0) is 16.1. The van der Waals surface area contributed by atoms with Crippen LogP contribution in [0.3, 0.4) is 0 Å². The molecule has 23 heavy (non-hydrogen) atoms. The summed E-state index contributed by atoms with van der Waals surface area (Å²) in [4.78, 5) is 16.6. The van der Waals surface area contributed by atoms with Gasteiger partial charge in [0.15, 0.2) is 10.9 Å². The van der Waals surface area contributed by atoms with Gasteiger partial charge in [0, 0.05) is 31.9 Å². The summed E-state index contributed by atoms with van der Waals surface area (Å²) < 4.78 is 0. The van der Waals surface area contributed by atoms with E-state index in [0.29, 0.717) is 12.3 Å². The molecule has 2 aliphatic rings. The van der Waals surface area contributed by atoms with E-state index in [9.17, 15) is 4.79 Å². The molecule has 5 nitrogen and oxygen atoms in total. The monoisotopic (exact) mass is 332 g/mol. The van der Waals surface area contributed by atoms with E-state index in [1.807, 2.05) is 30.3 Å². The maximum absolute atomic E-state index is 12.2. The Balaban J connectivity index is 1.42. The van der Waals surface area contributed by atoms with Gasteiger partial charge in [-0.25, -0.2) is 0 Å². The van der Waals surface area contributed by atoms with Crippen LogP contribution in [-0.4, -0.2) is 66.0 Å². The van der Waals surface area contributed by atoms with Crippen molar-refractivity contribution in [3.8, 4) is 0 Å². The van der Waals surface area contributed by atoms with E-state index in [2.05, 4.69) is 20.4 Å². The lowest BCUT2D eigenvalue weighted by atomic mass is 10.1. The van der Waals surface area contributed by atoms with Gasteiger partial charge in [-0.05, 0) is 43.7 Å². The summed E-state index contributed by atoms with van der Waals surface area (Å²) in [6.45, 7) is 5.03. The molecule has 0 spiro atoms.